The van der Waals surface area contributed by atoms with Crippen molar-refractivity contribution in [3.63, 3.8) is 0 Å². The highest BCUT2D eigenvalue weighted by atomic mass is 32.2. The first-order chi connectivity index (χ1) is 7.91. The summed E-state index contributed by atoms with van der Waals surface area (Å²) in [7, 11) is -1.69. The van der Waals surface area contributed by atoms with E-state index in [-0.39, 0.29) is 6.04 Å². The normalized spacial score (nSPS) is 12.6. The van der Waals surface area contributed by atoms with Gasteiger partial charge in [0, 0.05) is 25.8 Å². The minimum atomic E-state index is -3.42. The van der Waals surface area contributed by atoms with Crippen molar-refractivity contribution in [3.05, 3.63) is 18.3 Å². The summed E-state index contributed by atoms with van der Waals surface area (Å²) in [5.41, 5.74) is 5.44. The molecule has 5 nitrogen and oxygen atoms in total. The largest absolute Gasteiger partial charge is 0.341 e. The average molecular weight is 259 g/mol. The van der Waals surface area contributed by atoms with Crippen molar-refractivity contribution in [3.8, 4) is 0 Å². The first-order valence-electron chi connectivity index (χ1n) is 5.74. The molecule has 0 saturated carbocycles. The number of rotatable bonds is 6. The SMILES string of the molecule is CC(C)N(CCCN)S(=O)(=O)c1cccn1C. The number of hydrogen-bond acceptors (Lipinski definition) is 3. The summed E-state index contributed by atoms with van der Waals surface area (Å²) in [5.74, 6) is 0. The Hall–Kier alpha value is -0.850. The smallest absolute Gasteiger partial charge is 0.258 e. The van der Waals surface area contributed by atoms with Gasteiger partial charge in [-0.05, 0) is 38.9 Å². The number of nitrogens with zero attached hydrogens (tertiary/aromatic N) is 2. The lowest BCUT2D eigenvalue weighted by atomic mass is 10.3. The molecule has 0 radical (unpaired) electrons. The van der Waals surface area contributed by atoms with Crippen LogP contribution in [-0.4, -0.2) is 36.4 Å². The molecular formula is C11H21N3O2S. The maximum absolute atomic E-state index is 12.4. The van der Waals surface area contributed by atoms with Crippen molar-refractivity contribution in [1.82, 2.24) is 8.87 Å². The Morgan fingerprint density at radius 3 is 2.53 bits per heavy atom. The van der Waals surface area contributed by atoms with Gasteiger partial charge in [0.1, 0.15) is 5.03 Å². The van der Waals surface area contributed by atoms with E-state index in [2.05, 4.69) is 0 Å². The zero-order valence-electron chi connectivity index (χ0n) is 10.6. The fourth-order valence-electron chi connectivity index (χ4n) is 1.74. The summed E-state index contributed by atoms with van der Waals surface area (Å²) < 4.78 is 28.0. The molecule has 0 atom stereocenters. The predicted molar refractivity (Wildman–Crippen MR) is 68.1 cm³/mol. The topological polar surface area (TPSA) is 68.3 Å². The van der Waals surface area contributed by atoms with Gasteiger partial charge in [0.15, 0.2) is 0 Å². The molecule has 1 aromatic heterocycles. The van der Waals surface area contributed by atoms with E-state index in [0.717, 1.165) is 0 Å². The molecule has 2 N–H and O–H groups in total. The standard InChI is InChI=1S/C11H21N3O2S/c1-10(2)14(9-5-7-12)17(15,16)11-6-4-8-13(11)3/h4,6,8,10H,5,7,9,12H2,1-3H3. The quantitative estimate of drug-likeness (QED) is 0.820. The van der Waals surface area contributed by atoms with E-state index in [1.165, 1.54) is 4.31 Å². The van der Waals surface area contributed by atoms with E-state index in [1.54, 1.807) is 29.9 Å². The first kappa shape index (κ1) is 14.2. The first-order valence-corrected chi connectivity index (χ1v) is 7.18. The molecule has 0 unspecified atom stereocenters. The third-order valence-electron chi connectivity index (χ3n) is 2.63. The van der Waals surface area contributed by atoms with Crippen LogP contribution in [0.5, 0.6) is 0 Å². The van der Waals surface area contributed by atoms with E-state index >= 15 is 0 Å². The third-order valence-corrected chi connectivity index (χ3v) is 4.80. The van der Waals surface area contributed by atoms with Crippen LogP contribution < -0.4 is 5.73 Å². The van der Waals surface area contributed by atoms with E-state index in [0.29, 0.717) is 24.5 Å². The molecular weight excluding hydrogens is 238 g/mol. The molecule has 0 spiro atoms. The zero-order valence-corrected chi connectivity index (χ0v) is 11.4. The molecule has 98 valence electrons. The summed E-state index contributed by atoms with van der Waals surface area (Å²) in [4.78, 5) is 0. The maximum Gasteiger partial charge on any atom is 0.258 e. The van der Waals surface area contributed by atoms with Crippen molar-refractivity contribution >= 4 is 10.0 Å². The van der Waals surface area contributed by atoms with Gasteiger partial charge in [-0.2, -0.15) is 4.31 Å². The fraction of sp³-hybridized carbons (Fsp3) is 0.636. The fourth-order valence-corrected chi connectivity index (χ4v) is 3.58. The molecule has 0 fully saturated rings. The Labute approximate surface area is 103 Å². The molecule has 0 aliphatic rings. The van der Waals surface area contributed by atoms with Crippen LogP contribution in [0.3, 0.4) is 0 Å². The lowest BCUT2D eigenvalue weighted by Crippen LogP contribution is -2.39. The molecule has 0 aromatic carbocycles. The Kier molecular flexibility index (Phi) is 4.73. The summed E-state index contributed by atoms with van der Waals surface area (Å²) >= 11 is 0. The summed E-state index contributed by atoms with van der Waals surface area (Å²) in [6.07, 6.45) is 2.40. The lowest BCUT2D eigenvalue weighted by molar-refractivity contribution is 0.348. The monoisotopic (exact) mass is 259 g/mol. The van der Waals surface area contributed by atoms with Crippen molar-refractivity contribution in [2.75, 3.05) is 13.1 Å². The molecule has 1 rings (SSSR count). The van der Waals surface area contributed by atoms with E-state index in [9.17, 15) is 8.42 Å². The second-order valence-corrected chi connectivity index (χ2v) is 6.15. The Morgan fingerprint density at radius 2 is 2.12 bits per heavy atom. The molecule has 0 amide bonds. The molecule has 0 bridgehead atoms. The van der Waals surface area contributed by atoms with Crippen molar-refractivity contribution in [2.45, 2.75) is 31.3 Å². The predicted octanol–water partition coefficient (Wildman–Crippen LogP) is 0.773. The van der Waals surface area contributed by atoms with Crippen LogP contribution in [0.25, 0.3) is 0 Å². The minimum Gasteiger partial charge on any atom is -0.341 e. The second-order valence-electron chi connectivity index (χ2n) is 4.31. The summed E-state index contributed by atoms with van der Waals surface area (Å²) in [5, 5.41) is 0.322. The highest BCUT2D eigenvalue weighted by Crippen LogP contribution is 2.18. The van der Waals surface area contributed by atoms with Crippen LogP contribution in [0, 0.1) is 0 Å². The van der Waals surface area contributed by atoms with Crippen molar-refractivity contribution in [1.29, 1.82) is 0 Å². The van der Waals surface area contributed by atoms with Gasteiger partial charge in [-0.1, -0.05) is 0 Å². The molecule has 0 aliphatic carbocycles. The van der Waals surface area contributed by atoms with Gasteiger partial charge in [0.2, 0.25) is 0 Å². The van der Waals surface area contributed by atoms with Crippen molar-refractivity contribution in [2.24, 2.45) is 12.8 Å². The van der Waals surface area contributed by atoms with Crippen molar-refractivity contribution < 1.29 is 8.42 Å². The Balaban J connectivity index is 3.05. The highest BCUT2D eigenvalue weighted by Gasteiger charge is 2.28. The molecule has 6 heteroatoms. The number of sulfonamides is 1. The van der Waals surface area contributed by atoms with Crippen LogP contribution in [0.1, 0.15) is 20.3 Å². The van der Waals surface area contributed by atoms with Gasteiger partial charge in [-0.3, -0.25) is 0 Å². The maximum atomic E-state index is 12.4. The molecule has 1 aromatic rings. The minimum absolute atomic E-state index is 0.0681. The van der Waals surface area contributed by atoms with E-state index < -0.39 is 10.0 Å². The second kappa shape index (κ2) is 5.66. The average Bonchev–Trinajstić information content (AvgIpc) is 2.64. The zero-order chi connectivity index (χ0) is 13.1. The Bertz CT molecular complexity index is 451. The van der Waals surface area contributed by atoms with Crippen LogP contribution in [0.4, 0.5) is 0 Å². The van der Waals surface area contributed by atoms with Crippen LogP contribution in [-0.2, 0) is 17.1 Å². The van der Waals surface area contributed by atoms with E-state index in [1.807, 2.05) is 13.8 Å². The van der Waals surface area contributed by atoms with Gasteiger partial charge in [-0.15, -0.1) is 0 Å². The molecule has 17 heavy (non-hydrogen) atoms. The number of nitrogens with two attached hydrogens (primary N) is 1. The van der Waals surface area contributed by atoms with Gasteiger partial charge >= 0.3 is 0 Å². The van der Waals surface area contributed by atoms with Crippen LogP contribution in [0.15, 0.2) is 23.4 Å². The summed E-state index contributed by atoms with van der Waals surface area (Å²) in [6.45, 7) is 4.70. The van der Waals surface area contributed by atoms with Crippen LogP contribution in [0.2, 0.25) is 0 Å². The third kappa shape index (κ3) is 3.08. The van der Waals surface area contributed by atoms with Gasteiger partial charge < -0.3 is 10.3 Å². The Morgan fingerprint density at radius 1 is 1.47 bits per heavy atom. The molecule has 0 aliphatic heterocycles. The number of aryl methyl sites for hydroxylation is 1. The van der Waals surface area contributed by atoms with E-state index in [4.69, 9.17) is 5.73 Å². The van der Waals surface area contributed by atoms with Gasteiger partial charge in [0.25, 0.3) is 10.0 Å². The molecule has 0 saturated heterocycles. The molecule has 1 heterocycles. The van der Waals surface area contributed by atoms with Gasteiger partial charge in [-0.25, -0.2) is 8.42 Å². The summed E-state index contributed by atoms with van der Waals surface area (Å²) in [6, 6.07) is 3.28. The van der Waals surface area contributed by atoms with Crippen LogP contribution >= 0.6 is 0 Å². The highest BCUT2D eigenvalue weighted by molar-refractivity contribution is 7.89. The lowest BCUT2D eigenvalue weighted by Gasteiger charge is -2.25. The number of hydrogen-bond donors (Lipinski definition) is 1. The number of aromatic nitrogens is 1. The van der Waals surface area contributed by atoms with Gasteiger partial charge in [0.05, 0.1) is 0 Å².